The summed E-state index contributed by atoms with van der Waals surface area (Å²) in [5, 5.41) is 0. The molecule has 0 amide bonds. The number of hydrogen-bond acceptors (Lipinski definition) is 0. The van der Waals surface area contributed by atoms with Crippen LogP contribution in [0.3, 0.4) is 0 Å². The average molecular weight is 210 g/mol. The van der Waals surface area contributed by atoms with Gasteiger partial charge in [-0.15, -0.1) is 0 Å². The normalized spacial score (nSPS) is 36.0. The molecule has 15 heavy (non-hydrogen) atoms. The highest BCUT2D eigenvalue weighted by Crippen LogP contribution is 2.47. The van der Waals surface area contributed by atoms with E-state index in [1.54, 1.807) is 0 Å². The van der Waals surface area contributed by atoms with Gasteiger partial charge in [-0.25, -0.2) is 0 Å². The topological polar surface area (TPSA) is 0 Å². The molecule has 1 aliphatic rings. The van der Waals surface area contributed by atoms with Crippen LogP contribution in [0, 0.1) is 23.7 Å². The quantitative estimate of drug-likeness (QED) is 0.560. The first kappa shape index (κ1) is 13.1. The molecule has 0 saturated heterocycles. The maximum absolute atomic E-state index is 2.51. The molecule has 1 fully saturated rings. The summed E-state index contributed by atoms with van der Waals surface area (Å²) in [6.07, 6.45) is 10.1. The van der Waals surface area contributed by atoms with Gasteiger partial charge in [0.2, 0.25) is 0 Å². The Bertz CT molecular complexity index is 161. The SMILES string of the molecule is CCCC[C@H]1CC(CC)C(C)[C@@H]1CCC. The van der Waals surface area contributed by atoms with Gasteiger partial charge >= 0.3 is 0 Å². The van der Waals surface area contributed by atoms with Gasteiger partial charge in [0.1, 0.15) is 0 Å². The summed E-state index contributed by atoms with van der Waals surface area (Å²) in [5.74, 6) is 4.14. The summed E-state index contributed by atoms with van der Waals surface area (Å²) < 4.78 is 0. The van der Waals surface area contributed by atoms with Crippen LogP contribution in [0.1, 0.15) is 72.6 Å². The second-order valence-corrected chi connectivity index (χ2v) is 5.62. The zero-order valence-electron chi connectivity index (χ0n) is 11.3. The highest BCUT2D eigenvalue weighted by atomic mass is 14.4. The molecule has 4 atom stereocenters. The smallest absolute Gasteiger partial charge is 0.0357 e. The van der Waals surface area contributed by atoms with Crippen LogP contribution in [0.2, 0.25) is 0 Å². The summed E-state index contributed by atoms with van der Waals surface area (Å²) in [6.45, 7) is 9.57. The summed E-state index contributed by atoms with van der Waals surface area (Å²) in [6, 6.07) is 0. The molecule has 90 valence electrons. The number of unbranched alkanes of at least 4 members (excludes halogenated alkanes) is 1. The molecule has 0 N–H and O–H groups in total. The maximum atomic E-state index is 2.51. The van der Waals surface area contributed by atoms with Gasteiger partial charge in [-0.3, -0.25) is 0 Å². The Morgan fingerprint density at radius 1 is 0.933 bits per heavy atom. The second kappa shape index (κ2) is 6.55. The number of rotatable bonds is 6. The van der Waals surface area contributed by atoms with Gasteiger partial charge < -0.3 is 0 Å². The Morgan fingerprint density at radius 3 is 2.20 bits per heavy atom. The van der Waals surface area contributed by atoms with Crippen molar-refractivity contribution in [2.45, 2.75) is 72.6 Å². The molecule has 1 rings (SSSR count). The van der Waals surface area contributed by atoms with Crippen molar-refractivity contribution in [1.82, 2.24) is 0 Å². The molecule has 1 saturated carbocycles. The fourth-order valence-electron chi connectivity index (χ4n) is 3.73. The first-order valence-corrected chi connectivity index (χ1v) is 7.24. The molecule has 0 spiro atoms. The molecule has 0 aliphatic heterocycles. The lowest BCUT2D eigenvalue weighted by Gasteiger charge is -2.23. The lowest BCUT2D eigenvalue weighted by atomic mass is 9.83. The van der Waals surface area contributed by atoms with Crippen LogP contribution in [-0.4, -0.2) is 0 Å². The zero-order valence-corrected chi connectivity index (χ0v) is 11.3. The standard InChI is InChI=1S/C15H30/c1-5-8-10-14-11-13(7-3)12(4)15(14)9-6-2/h12-15H,5-11H2,1-4H3/t12?,13?,14-,15-/m0/s1. The predicted molar refractivity (Wildman–Crippen MR) is 69.0 cm³/mol. The maximum Gasteiger partial charge on any atom is -0.0357 e. The highest BCUT2D eigenvalue weighted by Gasteiger charge is 2.38. The van der Waals surface area contributed by atoms with Crippen molar-refractivity contribution in [2.75, 3.05) is 0 Å². The summed E-state index contributed by atoms with van der Waals surface area (Å²) in [5.41, 5.74) is 0. The molecule has 0 nitrogen and oxygen atoms in total. The summed E-state index contributed by atoms with van der Waals surface area (Å²) >= 11 is 0. The Labute approximate surface area is 96.8 Å². The van der Waals surface area contributed by atoms with Crippen molar-refractivity contribution >= 4 is 0 Å². The fourth-order valence-corrected chi connectivity index (χ4v) is 3.73. The van der Waals surface area contributed by atoms with E-state index >= 15 is 0 Å². The molecule has 1 aliphatic carbocycles. The minimum Gasteiger partial charge on any atom is -0.0654 e. The lowest BCUT2D eigenvalue weighted by molar-refractivity contribution is 0.270. The third-order valence-corrected chi connectivity index (χ3v) is 4.70. The summed E-state index contributed by atoms with van der Waals surface area (Å²) in [4.78, 5) is 0. The van der Waals surface area contributed by atoms with Crippen molar-refractivity contribution < 1.29 is 0 Å². The van der Waals surface area contributed by atoms with E-state index in [0.29, 0.717) is 0 Å². The van der Waals surface area contributed by atoms with E-state index in [1.165, 1.54) is 44.9 Å². The molecule has 2 unspecified atom stereocenters. The molecule has 0 heterocycles. The van der Waals surface area contributed by atoms with Crippen LogP contribution >= 0.6 is 0 Å². The van der Waals surface area contributed by atoms with Crippen molar-refractivity contribution in [1.29, 1.82) is 0 Å². The Balaban J connectivity index is 2.52. The molecular weight excluding hydrogens is 180 g/mol. The molecule has 0 aromatic rings. The van der Waals surface area contributed by atoms with E-state index in [9.17, 15) is 0 Å². The third-order valence-electron chi connectivity index (χ3n) is 4.70. The van der Waals surface area contributed by atoms with Gasteiger partial charge in [0.15, 0.2) is 0 Å². The monoisotopic (exact) mass is 210 g/mol. The van der Waals surface area contributed by atoms with Crippen LogP contribution in [-0.2, 0) is 0 Å². The molecule has 0 heteroatoms. The Kier molecular flexibility index (Phi) is 5.71. The molecule has 0 radical (unpaired) electrons. The fraction of sp³-hybridized carbons (Fsp3) is 1.00. The molecule has 0 aromatic carbocycles. The van der Waals surface area contributed by atoms with E-state index in [1.807, 2.05) is 0 Å². The highest BCUT2D eigenvalue weighted by molar-refractivity contribution is 4.87. The largest absolute Gasteiger partial charge is 0.0654 e. The van der Waals surface area contributed by atoms with E-state index in [0.717, 1.165) is 23.7 Å². The predicted octanol–water partition coefficient (Wildman–Crippen LogP) is 5.28. The van der Waals surface area contributed by atoms with Gasteiger partial charge in [-0.2, -0.15) is 0 Å². The molecule has 0 bridgehead atoms. The number of hydrogen-bond donors (Lipinski definition) is 0. The van der Waals surface area contributed by atoms with Crippen molar-refractivity contribution in [2.24, 2.45) is 23.7 Å². The average Bonchev–Trinajstić information content (AvgIpc) is 2.54. The van der Waals surface area contributed by atoms with Crippen molar-refractivity contribution in [3.05, 3.63) is 0 Å². The van der Waals surface area contributed by atoms with Crippen molar-refractivity contribution in [3.8, 4) is 0 Å². The molecule has 0 aromatic heterocycles. The minimum atomic E-state index is 0.997. The van der Waals surface area contributed by atoms with Crippen molar-refractivity contribution in [3.63, 3.8) is 0 Å². The Hall–Kier alpha value is 0. The van der Waals surface area contributed by atoms with Crippen LogP contribution in [0.4, 0.5) is 0 Å². The summed E-state index contributed by atoms with van der Waals surface area (Å²) in [7, 11) is 0. The van der Waals surface area contributed by atoms with Crippen LogP contribution in [0.5, 0.6) is 0 Å². The Morgan fingerprint density at radius 2 is 1.67 bits per heavy atom. The third kappa shape index (κ3) is 3.23. The minimum absolute atomic E-state index is 0.997. The van der Waals surface area contributed by atoms with Crippen LogP contribution in [0.15, 0.2) is 0 Å². The van der Waals surface area contributed by atoms with E-state index in [-0.39, 0.29) is 0 Å². The van der Waals surface area contributed by atoms with Gasteiger partial charge in [0.05, 0.1) is 0 Å². The zero-order chi connectivity index (χ0) is 11.3. The van der Waals surface area contributed by atoms with E-state index in [4.69, 9.17) is 0 Å². The van der Waals surface area contributed by atoms with Gasteiger partial charge in [0, 0.05) is 0 Å². The van der Waals surface area contributed by atoms with Crippen LogP contribution < -0.4 is 0 Å². The lowest BCUT2D eigenvalue weighted by Crippen LogP contribution is -2.14. The van der Waals surface area contributed by atoms with Gasteiger partial charge in [0.25, 0.3) is 0 Å². The van der Waals surface area contributed by atoms with Gasteiger partial charge in [-0.1, -0.05) is 66.2 Å². The van der Waals surface area contributed by atoms with Gasteiger partial charge in [-0.05, 0) is 30.1 Å². The van der Waals surface area contributed by atoms with E-state index < -0.39 is 0 Å². The second-order valence-electron chi connectivity index (χ2n) is 5.62. The first-order chi connectivity index (χ1) is 7.24. The molecular formula is C15H30. The van der Waals surface area contributed by atoms with Crippen LogP contribution in [0.25, 0.3) is 0 Å². The van der Waals surface area contributed by atoms with E-state index in [2.05, 4.69) is 27.7 Å². The first-order valence-electron chi connectivity index (χ1n) is 7.24.